The number of nitrogens with one attached hydrogen (secondary N) is 1. The molecule has 0 radical (unpaired) electrons. The van der Waals surface area contributed by atoms with Crippen LogP contribution in [0.15, 0.2) is 53.4 Å². The van der Waals surface area contributed by atoms with Gasteiger partial charge in [-0.1, -0.05) is 36.4 Å². The number of hydrogen-bond acceptors (Lipinski definition) is 6. The summed E-state index contributed by atoms with van der Waals surface area (Å²) in [5.41, 5.74) is 6.68. The van der Waals surface area contributed by atoms with Crippen LogP contribution in [-0.2, 0) is 4.79 Å². The molecule has 0 spiro atoms. The quantitative estimate of drug-likeness (QED) is 0.482. The number of benzene rings is 2. The van der Waals surface area contributed by atoms with Crippen molar-refractivity contribution >= 4 is 47.1 Å². The number of carbonyl (C=O) groups excluding carboxylic acids is 2. The maximum Gasteiger partial charge on any atom is 1.00 e. The predicted molar refractivity (Wildman–Crippen MR) is 127 cm³/mol. The molecule has 0 aliphatic heterocycles. The summed E-state index contributed by atoms with van der Waals surface area (Å²) in [6, 6.07) is 12.3. The summed E-state index contributed by atoms with van der Waals surface area (Å²) >= 11 is 3.05. The minimum Gasteiger partial charge on any atom is -0.548 e. The third kappa shape index (κ3) is 6.85. The number of thioether (sulfide) groups is 1. The summed E-state index contributed by atoms with van der Waals surface area (Å²) in [7, 11) is 0. The van der Waals surface area contributed by atoms with Crippen molar-refractivity contribution in [1.82, 2.24) is 10.3 Å². The van der Waals surface area contributed by atoms with Crippen LogP contribution < -0.4 is 29.3 Å². The molecule has 1 amide bonds. The Labute approximate surface area is 208 Å². The first-order valence-electron chi connectivity index (χ1n) is 9.76. The van der Waals surface area contributed by atoms with Crippen LogP contribution in [0, 0.1) is 6.92 Å². The Kier molecular flexibility index (Phi) is 10.3. The van der Waals surface area contributed by atoms with E-state index in [0.717, 1.165) is 27.9 Å². The zero-order valence-electron chi connectivity index (χ0n) is 18.3. The van der Waals surface area contributed by atoms with Crippen molar-refractivity contribution in [2.45, 2.75) is 19.4 Å². The first kappa shape index (κ1) is 26.0. The Morgan fingerprint density at radius 1 is 1.19 bits per heavy atom. The fourth-order valence-electron chi connectivity index (χ4n) is 3.17. The predicted octanol–water partition coefficient (Wildman–Crippen LogP) is 0.894. The normalized spacial score (nSPS) is 11.7. The number of nitrogens with zero attached hydrogens (tertiary/aromatic N) is 1. The molecule has 5 nitrogen and oxygen atoms in total. The molecule has 0 aliphatic carbocycles. The number of rotatable bonds is 9. The van der Waals surface area contributed by atoms with Crippen molar-refractivity contribution in [2.75, 3.05) is 12.0 Å². The maximum atomic E-state index is 13.0. The smallest absolute Gasteiger partial charge is 0.548 e. The molecule has 1 aromatic heterocycles. The van der Waals surface area contributed by atoms with Crippen LogP contribution in [0.25, 0.3) is 23.3 Å². The van der Waals surface area contributed by atoms with Gasteiger partial charge in [-0.2, -0.15) is 11.8 Å². The van der Waals surface area contributed by atoms with Gasteiger partial charge in [0.1, 0.15) is 0 Å². The molecule has 1 atom stereocenters. The van der Waals surface area contributed by atoms with Gasteiger partial charge in [-0.05, 0) is 65.8 Å². The Hall–Kier alpha value is -2.30. The van der Waals surface area contributed by atoms with Gasteiger partial charge in [0, 0.05) is 10.9 Å². The van der Waals surface area contributed by atoms with Gasteiger partial charge >= 0.3 is 18.9 Å². The van der Waals surface area contributed by atoms with E-state index in [1.165, 1.54) is 23.1 Å². The SMILES string of the molecule is CSCC[C@H](NC(=O)c1ccc(/C=C/c2cscn2)cc1-c1ccccc1C)C(=O)[O-].[Li+]. The zero-order chi connectivity index (χ0) is 22.2. The summed E-state index contributed by atoms with van der Waals surface area (Å²) in [4.78, 5) is 28.8. The van der Waals surface area contributed by atoms with E-state index in [0.29, 0.717) is 17.7 Å². The number of hydrogen-bond donors (Lipinski definition) is 1. The first-order valence-corrected chi connectivity index (χ1v) is 12.1. The average molecular weight is 459 g/mol. The van der Waals surface area contributed by atoms with Crippen LogP contribution in [0.1, 0.15) is 33.6 Å². The van der Waals surface area contributed by atoms with Crippen LogP contribution in [-0.4, -0.2) is 34.9 Å². The second-order valence-corrected chi connectivity index (χ2v) is 8.70. The standard InChI is InChI=1S/C24H24N2O3S2.Li/c1-16-5-3-4-6-19(16)21-13-17(7-9-18-14-31-15-25-18)8-10-20(21)23(27)26-22(24(28)29)11-12-30-2;/h3-10,13-15,22H,11-12H2,1-2H3,(H,26,27)(H,28,29);/q;+1/p-1/b9-7+;/t22-;/m0./s1. The van der Waals surface area contributed by atoms with E-state index in [-0.39, 0.29) is 18.9 Å². The van der Waals surface area contributed by atoms with Gasteiger partial charge in [0.15, 0.2) is 0 Å². The zero-order valence-corrected chi connectivity index (χ0v) is 20.0. The fraction of sp³-hybridized carbons (Fsp3) is 0.208. The average Bonchev–Trinajstić information content (AvgIpc) is 3.29. The molecule has 160 valence electrons. The monoisotopic (exact) mass is 458 g/mol. The molecule has 0 aliphatic rings. The fourth-order valence-corrected chi connectivity index (χ4v) is 4.16. The summed E-state index contributed by atoms with van der Waals surface area (Å²) < 4.78 is 0. The largest absolute Gasteiger partial charge is 1.00 e. The van der Waals surface area contributed by atoms with Gasteiger partial charge in [-0.25, -0.2) is 4.98 Å². The molecule has 32 heavy (non-hydrogen) atoms. The van der Waals surface area contributed by atoms with E-state index < -0.39 is 17.9 Å². The molecule has 3 aromatic rings. The molecule has 0 saturated heterocycles. The number of carboxylic acids is 1. The van der Waals surface area contributed by atoms with Crippen LogP contribution in [0.4, 0.5) is 0 Å². The van der Waals surface area contributed by atoms with Crippen LogP contribution >= 0.6 is 23.1 Å². The van der Waals surface area contributed by atoms with E-state index in [4.69, 9.17) is 0 Å². The molecular weight excluding hydrogens is 435 g/mol. The number of carbonyl (C=O) groups is 2. The number of carboxylic acid groups (broad SMARTS) is 1. The topological polar surface area (TPSA) is 82.1 Å². The molecule has 0 bridgehead atoms. The minimum atomic E-state index is -1.28. The number of aryl methyl sites for hydroxylation is 1. The second kappa shape index (κ2) is 12.7. The van der Waals surface area contributed by atoms with E-state index >= 15 is 0 Å². The third-order valence-electron chi connectivity index (χ3n) is 4.82. The van der Waals surface area contributed by atoms with Crippen molar-refractivity contribution in [3.8, 4) is 11.1 Å². The molecule has 3 rings (SSSR count). The number of amides is 1. The Morgan fingerprint density at radius 3 is 2.62 bits per heavy atom. The number of aromatic nitrogens is 1. The van der Waals surface area contributed by atoms with Gasteiger partial charge in [-0.15, -0.1) is 11.3 Å². The van der Waals surface area contributed by atoms with E-state index in [9.17, 15) is 14.7 Å². The minimum absolute atomic E-state index is 0. The van der Waals surface area contributed by atoms with Gasteiger partial charge < -0.3 is 15.2 Å². The number of thiazole rings is 1. The van der Waals surface area contributed by atoms with Crippen LogP contribution in [0.2, 0.25) is 0 Å². The van der Waals surface area contributed by atoms with Crippen molar-refractivity contribution in [1.29, 1.82) is 0 Å². The number of aliphatic carboxylic acids is 1. The third-order valence-corrected chi connectivity index (χ3v) is 6.07. The summed E-state index contributed by atoms with van der Waals surface area (Å²) in [6.07, 6.45) is 6.06. The van der Waals surface area contributed by atoms with E-state index in [2.05, 4.69) is 10.3 Å². The van der Waals surface area contributed by atoms with Crippen molar-refractivity contribution in [3.05, 3.63) is 75.7 Å². The Morgan fingerprint density at radius 2 is 1.97 bits per heavy atom. The van der Waals surface area contributed by atoms with Crippen molar-refractivity contribution < 1.29 is 33.6 Å². The van der Waals surface area contributed by atoms with Gasteiger partial charge in [0.25, 0.3) is 5.91 Å². The molecule has 8 heteroatoms. The summed E-state index contributed by atoms with van der Waals surface area (Å²) in [6.45, 7) is 1.98. The Bertz CT molecular complexity index is 1080. The molecule has 0 saturated carbocycles. The molecule has 1 heterocycles. The summed E-state index contributed by atoms with van der Waals surface area (Å²) in [5, 5.41) is 16.1. The molecular formula is C24H23LiN2O3S2. The van der Waals surface area contributed by atoms with Gasteiger partial charge in [0.2, 0.25) is 0 Å². The molecule has 0 fully saturated rings. The molecule has 0 unspecified atom stereocenters. The van der Waals surface area contributed by atoms with Crippen molar-refractivity contribution in [3.63, 3.8) is 0 Å². The summed E-state index contributed by atoms with van der Waals surface area (Å²) in [5.74, 6) is -1.09. The van der Waals surface area contributed by atoms with E-state index in [1.807, 2.05) is 67.1 Å². The Balaban J connectivity index is 0.00000363. The van der Waals surface area contributed by atoms with Crippen molar-refractivity contribution in [2.24, 2.45) is 0 Å². The second-order valence-electron chi connectivity index (χ2n) is 6.99. The first-order chi connectivity index (χ1) is 15.0. The maximum absolute atomic E-state index is 13.0. The van der Waals surface area contributed by atoms with Crippen LogP contribution in [0.3, 0.4) is 0 Å². The molecule has 1 N–H and O–H groups in total. The van der Waals surface area contributed by atoms with E-state index in [1.54, 1.807) is 11.6 Å². The van der Waals surface area contributed by atoms with Gasteiger partial charge in [-0.3, -0.25) is 4.79 Å². The van der Waals surface area contributed by atoms with Gasteiger partial charge in [0.05, 0.1) is 23.2 Å². The molecule has 2 aromatic carbocycles. The van der Waals surface area contributed by atoms with Crippen LogP contribution in [0.5, 0.6) is 0 Å².